The number of ether oxygens (including phenoxy) is 1. The molecule has 1 unspecified atom stereocenters. The number of nitro groups is 1. The molecule has 3 aliphatic heterocycles. The molecule has 0 saturated carbocycles. The van der Waals surface area contributed by atoms with Gasteiger partial charge >= 0.3 is 0 Å². The van der Waals surface area contributed by atoms with Crippen molar-refractivity contribution in [3.05, 3.63) is 28.3 Å². The van der Waals surface area contributed by atoms with Crippen LogP contribution in [0, 0.1) is 16.0 Å². The van der Waals surface area contributed by atoms with E-state index in [2.05, 4.69) is 10.2 Å². The van der Waals surface area contributed by atoms with Crippen molar-refractivity contribution >= 4 is 11.4 Å². The van der Waals surface area contributed by atoms with E-state index in [0.29, 0.717) is 24.3 Å². The quantitative estimate of drug-likeness (QED) is 0.667. The summed E-state index contributed by atoms with van der Waals surface area (Å²) in [4.78, 5) is 13.1. The van der Waals surface area contributed by atoms with Gasteiger partial charge in [0, 0.05) is 30.4 Å². The average Bonchev–Trinajstić information content (AvgIpc) is 2.48. The van der Waals surface area contributed by atoms with Crippen LogP contribution in [-0.2, 0) is 0 Å². The number of anilines is 1. The minimum absolute atomic E-state index is 0.0738. The molecule has 1 aromatic carbocycles. The summed E-state index contributed by atoms with van der Waals surface area (Å²) in [6.45, 7) is 5.76. The highest BCUT2D eigenvalue weighted by molar-refractivity contribution is 5.57. The van der Waals surface area contributed by atoms with Crippen molar-refractivity contribution in [1.29, 1.82) is 0 Å². The molecule has 3 heterocycles. The summed E-state index contributed by atoms with van der Waals surface area (Å²) in [7, 11) is 0. The number of benzene rings is 1. The number of nitro benzene ring substituents is 1. The van der Waals surface area contributed by atoms with Crippen LogP contribution in [0.4, 0.5) is 11.4 Å². The average molecular weight is 291 g/mol. The molecule has 1 aromatic rings. The minimum atomic E-state index is -0.371. The van der Waals surface area contributed by atoms with Crippen LogP contribution in [0.15, 0.2) is 18.2 Å². The lowest BCUT2D eigenvalue weighted by atomic mass is 9.84. The summed E-state index contributed by atoms with van der Waals surface area (Å²) in [6, 6.07) is 5.31. The highest BCUT2D eigenvalue weighted by atomic mass is 16.6. The van der Waals surface area contributed by atoms with E-state index >= 15 is 0 Å². The van der Waals surface area contributed by atoms with Gasteiger partial charge in [0.1, 0.15) is 5.75 Å². The fourth-order valence-electron chi connectivity index (χ4n) is 3.36. The molecule has 3 aliphatic rings. The molecule has 0 radical (unpaired) electrons. The fourth-order valence-corrected chi connectivity index (χ4v) is 3.36. The summed E-state index contributed by atoms with van der Waals surface area (Å²) in [5.41, 5.74) is 0.858. The topological polar surface area (TPSA) is 67.6 Å². The number of fused-ring (bicyclic) bond motifs is 3. The van der Waals surface area contributed by atoms with Crippen LogP contribution in [-0.4, -0.2) is 42.1 Å². The Kier molecular flexibility index (Phi) is 3.96. The molecule has 1 atom stereocenters. The molecule has 0 aliphatic carbocycles. The summed E-state index contributed by atoms with van der Waals surface area (Å²) in [5, 5.41) is 14.5. The van der Waals surface area contributed by atoms with Crippen LogP contribution in [0.2, 0.25) is 0 Å². The minimum Gasteiger partial charge on any atom is -0.494 e. The van der Waals surface area contributed by atoms with Gasteiger partial charge in [-0.1, -0.05) is 0 Å². The lowest BCUT2D eigenvalue weighted by Gasteiger charge is -2.45. The van der Waals surface area contributed by atoms with Gasteiger partial charge < -0.3 is 15.0 Å². The molecule has 21 heavy (non-hydrogen) atoms. The van der Waals surface area contributed by atoms with Gasteiger partial charge in [-0.05, 0) is 38.8 Å². The van der Waals surface area contributed by atoms with Gasteiger partial charge in [-0.2, -0.15) is 0 Å². The third-order valence-corrected chi connectivity index (χ3v) is 4.42. The lowest BCUT2D eigenvalue weighted by molar-refractivity contribution is -0.384. The Morgan fingerprint density at radius 1 is 1.38 bits per heavy atom. The number of hydrogen-bond acceptors (Lipinski definition) is 5. The van der Waals surface area contributed by atoms with Crippen molar-refractivity contribution in [3.63, 3.8) is 0 Å². The van der Waals surface area contributed by atoms with Crippen molar-refractivity contribution in [3.8, 4) is 5.75 Å². The highest BCUT2D eigenvalue weighted by Gasteiger charge is 2.34. The van der Waals surface area contributed by atoms with Crippen molar-refractivity contribution in [2.45, 2.75) is 25.8 Å². The van der Waals surface area contributed by atoms with E-state index in [1.54, 1.807) is 6.07 Å². The van der Waals surface area contributed by atoms with Crippen molar-refractivity contribution in [1.82, 2.24) is 4.90 Å². The second kappa shape index (κ2) is 5.89. The lowest BCUT2D eigenvalue weighted by Crippen LogP contribution is -2.53. The Bertz CT molecular complexity index is 527. The maximum absolute atomic E-state index is 11.0. The zero-order valence-electron chi connectivity index (χ0n) is 12.2. The van der Waals surface area contributed by atoms with E-state index in [9.17, 15) is 10.1 Å². The van der Waals surface area contributed by atoms with E-state index in [4.69, 9.17) is 4.74 Å². The van der Waals surface area contributed by atoms with Crippen LogP contribution < -0.4 is 10.1 Å². The number of nitrogens with zero attached hydrogens (tertiary/aromatic N) is 2. The number of rotatable bonds is 5. The molecule has 114 valence electrons. The second-order valence-corrected chi connectivity index (χ2v) is 5.79. The standard InChI is InChI=1S/C15H21N3O3/c1-2-21-14-8-12(7-13(9-14)18(19)20)16-15-10-17-5-3-11(15)4-6-17/h7-9,11,15-16H,2-6,10H2,1H3. The van der Waals surface area contributed by atoms with E-state index in [1.807, 2.05) is 13.0 Å². The predicted octanol–water partition coefficient (Wildman–Crippen LogP) is 2.50. The number of non-ortho nitro benzene ring substituents is 1. The second-order valence-electron chi connectivity index (χ2n) is 5.79. The molecule has 3 fully saturated rings. The number of piperidine rings is 3. The third kappa shape index (κ3) is 3.10. The number of hydrogen-bond donors (Lipinski definition) is 1. The first-order valence-electron chi connectivity index (χ1n) is 7.57. The molecule has 4 rings (SSSR count). The molecule has 3 saturated heterocycles. The smallest absolute Gasteiger partial charge is 0.275 e. The largest absolute Gasteiger partial charge is 0.494 e. The van der Waals surface area contributed by atoms with Crippen LogP contribution in [0.3, 0.4) is 0 Å². The third-order valence-electron chi connectivity index (χ3n) is 4.42. The number of nitrogens with one attached hydrogen (secondary N) is 1. The van der Waals surface area contributed by atoms with Gasteiger partial charge in [-0.3, -0.25) is 10.1 Å². The first-order valence-corrected chi connectivity index (χ1v) is 7.57. The molecular formula is C15H21N3O3. The maximum atomic E-state index is 11.0. The fraction of sp³-hybridized carbons (Fsp3) is 0.600. The van der Waals surface area contributed by atoms with E-state index in [1.165, 1.54) is 32.0 Å². The summed E-state index contributed by atoms with van der Waals surface area (Å²) < 4.78 is 5.43. The zero-order valence-corrected chi connectivity index (χ0v) is 12.2. The van der Waals surface area contributed by atoms with Gasteiger partial charge in [-0.15, -0.1) is 0 Å². The predicted molar refractivity (Wildman–Crippen MR) is 80.8 cm³/mol. The molecule has 0 spiro atoms. The molecule has 0 amide bonds. The zero-order chi connectivity index (χ0) is 14.8. The molecule has 6 nitrogen and oxygen atoms in total. The molecule has 2 bridgehead atoms. The van der Waals surface area contributed by atoms with E-state index < -0.39 is 0 Å². The van der Waals surface area contributed by atoms with Crippen LogP contribution in [0.25, 0.3) is 0 Å². The highest BCUT2D eigenvalue weighted by Crippen LogP contribution is 2.32. The maximum Gasteiger partial charge on any atom is 0.275 e. The van der Waals surface area contributed by atoms with Crippen molar-refractivity contribution in [2.24, 2.45) is 5.92 Å². The normalized spacial score (nSPS) is 27.4. The Hall–Kier alpha value is -1.82. The van der Waals surface area contributed by atoms with Crippen LogP contribution >= 0.6 is 0 Å². The first-order chi connectivity index (χ1) is 10.2. The van der Waals surface area contributed by atoms with Crippen molar-refractivity contribution in [2.75, 3.05) is 31.6 Å². The van der Waals surface area contributed by atoms with Crippen molar-refractivity contribution < 1.29 is 9.66 Å². The Balaban J connectivity index is 1.79. The molecule has 1 N–H and O–H groups in total. The van der Waals surface area contributed by atoms with E-state index in [0.717, 1.165) is 12.2 Å². The van der Waals surface area contributed by atoms with Crippen LogP contribution in [0.5, 0.6) is 5.75 Å². The molecule has 0 aromatic heterocycles. The SMILES string of the molecule is CCOc1cc(NC2CN3CCC2CC3)cc([N+](=O)[O-])c1. The van der Waals surface area contributed by atoms with Crippen LogP contribution in [0.1, 0.15) is 19.8 Å². The summed E-state index contributed by atoms with van der Waals surface area (Å²) in [6.07, 6.45) is 2.43. The van der Waals surface area contributed by atoms with E-state index in [-0.39, 0.29) is 10.6 Å². The monoisotopic (exact) mass is 291 g/mol. The first kappa shape index (κ1) is 14.1. The Labute approximate surface area is 124 Å². The Morgan fingerprint density at radius 2 is 2.14 bits per heavy atom. The Morgan fingerprint density at radius 3 is 2.71 bits per heavy atom. The molecular weight excluding hydrogens is 270 g/mol. The molecule has 6 heteroatoms. The van der Waals surface area contributed by atoms with Gasteiger partial charge in [0.25, 0.3) is 5.69 Å². The van der Waals surface area contributed by atoms with Gasteiger partial charge in [0.05, 0.1) is 17.6 Å². The van der Waals surface area contributed by atoms with Gasteiger partial charge in [-0.25, -0.2) is 0 Å². The summed E-state index contributed by atoms with van der Waals surface area (Å²) >= 11 is 0. The summed E-state index contributed by atoms with van der Waals surface area (Å²) in [5.74, 6) is 1.22. The van der Waals surface area contributed by atoms with Gasteiger partial charge in [0.15, 0.2) is 0 Å². The van der Waals surface area contributed by atoms with Gasteiger partial charge in [0.2, 0.25) is 0 Å².